The number of nitrogens with one attached hydrogen (secondary N) is 1. The molecule has 1 saturated heterocycles. The van der Waals surface area contributed by atoms with Crippen molar-refractivity contribution >= 4 is 22.1 Å². The van der Waals surface area contributed by atoms with Crippen LogP contribution >= 0.6 is 0 Å². The van der Waals surface area contributed by atoms with Crippen molar-refractivity contribution in [1.82, 2.24) is 9.03 Å². The SMILES string of the molecule is NC(N)=NCCNS(=O)(=O)N1CCC(C(=O)O)C1. The Morgan fingerprint density at radius 3 is 2.67 bits per heavy atom. The van der Waals surface area contributed by atoms with E-state index in [1.54, 1.807) is 0 Å². The second-order valence-electron chi connectivity index (χ2n) is 3.89. The lowest BCUT2D eigenvalue weighted by atomic mass is 10.1. The van der Waals surface area contributed by atoms with Crippen molar-refractivity contribution in [1.29, 1.82) is 0 Å². The maximum Gasteiger partial charge on any atom is 0.307 e. The molecule has 1 heterocycles. The standard InChI is InChI=1S/C8H17N5O4S/c9-8(10)11-2-3-12-18(16,17)13-4-1-6(5-13)7(14)15/h6,12H,1-5H2,(H,14,15)(H4,9,10,11). The minimum Gasteiger partial charge on any atom is -0.481 e. The highest BCUT2D eigenvalue weighted by molar-refractivity contribution is 7.87. The van der Waals surface area contributed by atoms with Gasteiger partial charge in [0.2, 0.25) is 0 Å². The van der Waals surface area contributed by atoms with E-state index in [0.717, 1.165) is 4.31 Å². The number of nitrogens with two attached hydrogens (primary N) is 2. The number of aliphatic imine (C=N–C) groups is 1. The van der Waals surface area contributed by atoms with Crippen molar-refractivity contribution in [3.63, 3.8) is 0 Å². The highest BCUT2D eigenvalue weighted by Gasteiger charge is 2.34. The largest absolute Gasteiger partial charge is 0.481 e. The zero-order valence-electron chi connectivity index (χ0n) is 9.74. The molecule has 0 radical (unpaired) electrons. The normalized spacial score (nSPS) is 20.8. The molecular formula is C8H17N5O4S. The molecule has 1 fully saturated rings. The van der Waals surface area contributed by atoms with Crippen LogP contribution in [-0.4, -0.2) is 55.9 Å². The first kappa shape index (κ1) is 14.7. The lowest BCUT2D eigenvalue weighted by Gasteiger charge is -2.15. The van der Waals surface area contributed by atoms with Gasteiger partial charge in [0.05, 0.1) is 12.5 Å². The van der Waals surface area contributed by atoms with Gasteiger partial charge in [0.15, 0.2) is 5.96 Å². The molecule has 0 amide bonds. The fourth-order valence-corrected chi connectivity index (χ4v) is 2.85. The molecule has 0 saturated carbocycles. The first-order chi connectivity index (χ1) is 8.33. The van der Waals surface area contributed by atoms with E-state index in [4.69, 9.17) is 16.6 Å². The fourth-order valence-electron chi connectivity index (χ4n) is 1.60. The summed E-state index contributed by atoms with van der Waals surface area (Å²) in [6, 6.07) is 0. The van der Waals surface area contributed by atoms with Gasteiger partial charge in [0.25, 0.3) is 10.2 Å². The summed E-state index contributed by atoms with van der Waals surface area (Å²) < 4.78 is 26.9. The molecule has 0 spiro atoms. The topological polar surface area (TPSA) is 151 Å². The molecule has 18 heavy (non-hydrogen) atoms. The second-order valence-corrected chi connectivity index (χ2v) is 5.64. The average Bonchev–Trinajstić information content (AvgIpc) is 2.74. The van der Waals surface area contributed by atoms with Crippen LogP contribution in [0.3, 0.4) is 0 Å². The van der Waals surface area contributed by atoms with Gasteiger partial charge in [0.1, 0.15) is 0 Å². The number of carboxylic acids is 1. The molecule has 0 bridgehead atoms. The predicted molar refractivity (Wildman–Crippen MR) is 64.9 cm³/mol. The minimum absolute atomic E-state index is 0.00698. The van der Waals surface area contributed by atoms with E-state index in [2.05, 4.69) is 9.71 Å². The smallest absolute Gasteiger partial charge is 0.307 e. The third-order valence-electron chi connectivity index (χ3n) is 2.53. The van der Waals surface area contributed by atoms with Crippen molar-refractivity contribution in [2.45, 2.75) is 6.42 Å². The fraction of sp³-hybridized carbons (Fsp3) is 0.750. The van der Waals surface area contributed by atoms with Crippen LogP contribution in [0.4, 0.5) is 0 Å². The summed E-state index contributed by atoms with van der Waals surface area (Å²) in [7, 11) is -3.66. The second kappa shape index (κ2) is 5.98. The molecule has 1 aliphatic rings. The molecule has 104 valence electrons. The zero-order valence-corrected chi connectivity index (χ0v) is 10.6. The molecule has 10 heteroatoms. The summed E-state index contributed by atoms with van der Waals surface area (Å²) in [5, 5.41) is 8.78. The van der Waals surface area contributed by atoms with Gasteiger partial charge < -0.3 is 16.6 Å². The Labute approximate surface area is 105 Å². The highest BCUT2D eigenvalue weighted by Crippen LogP contribution is 2.18. The number of aliphatic carboxylic acids is 1. The maximum atomic E-state index is 11.8. The number of hydrogen-bond acceptors (Lipinski definition) is 4. The zero-order chi connectivity index (χ0) is 13.8. The van der Waals surface area contributed by atoms with E-state index < -0.39 is 22.1 Å². The van der Waals surface area contributed by atoms with E-state index >= 15 is 0 Å². The lowest BCUT2D eigenvalue weighted by Crippen LogP contribution is -2.41. The number of nitrogens with zero attached hydrogens (tertiary/aromatic N) is 2. The molecular weight excluding hydrogens is 262 g/mol. The molecule has 6 N–H and O–H groups in total. The monoisotopic (exact) mass is 279 g/mol. The Hall–Kier alpha value is -1.39. The van der Waals surface area contributed by atoms with Gasteiger partial charge in [-0.2, -0.15) is 12.7 Å². The Kier molecular flexibility index (Phi) is 4.87. The molecule has 0 aromatic carbocycles. The molecule has 1 aliphatic heterocycles. The minimum atomic E-state index is -3.66. The average molecular weight is 279 g/mol. The Morgan fingerprint density at radius 1 is 1.50 bits per heavy atom. The van der Waals surface area contributed by atoms with Crippen molar-refractivity contribution in [3.8, 4) is 0 Å². The Morgan fingerprint density at radius 2 is 2.17 bits per heavy atom. The van der Waals surface area contributed by atoms with Crippen molar-refractivity contribution in [2.24, 2.45) is 22.4 Å². The molecule has 9 nitrogen and oxygen atoms in total. The molecule has 1 unspecified atom stereocenters. The van der Waals surface area contributed by atoms with Crippen molar-refractivity contribution in [2.75, 3.05) is 26.2 Å². The molecule has 0 aromatic heterocycles. The van der Waals surface area contributed by atoms with Crippen LogP contribution in [0.25, 0.3) is 0 Å². The van der Waals surface area contributed by atoms with Crippen LogP contribution in [0, 0.1) is 5.92 Å². The number of hydrogen-bond donors (Lipinski definition) is 4. The number of carbonyl (C=O) groups is 1. The van der Waals surface area contributed by atoms with Gasteiger partial charge in [-0.25, -0.2) is 4.72 Å². The van der Waals surface area contributed by atoms with Crippen LogP contribution in [-0.2, 0) is 15.0 Å². The lowest BCUT2D eigenvalue weighted by molar-refractivity contribution is -0.141. The van der Waals surface area contributed by atoms with E-state index in [1.165, 1.54) is 0 Å². The van der Waals surface area contributed by atoms with E-state index in [0.29, 0.717) is 6.42 Å². The third-order valence-corrected chi connectivity index (χ3v) is 4.11. The van der Waals surface area contributed by atoms with E-state index in [-0.39, 0.29) is 32.1 Å². The van der Waals surface area contributed by atoms with Crippen LogP contribution in [0.5, 0.6) is 0 Å². The Bertz CT molecular complexity index is 431. The van der Waals surface area contributed by atoms with Gasteiger partial charge in [-0.3, -0.25) is 9.79 Å². The van der Waals surface area contributed by atoms with Crippen LogP contribution in [0.2, 0.25) is 0 Å². The summed E-state index contributed by atoms with van der Waals surface area (Å²) in [5.74, 6) is -1.73. The quantitative estimate of drug-likeness (QED) is 0.240. The molecule has 1 rings (SSSR count). The molecule has 1 atom stereocenters. The van der Waals surface area contributed by atoms with Crippen LogP contribution in [0.1, 0.15) is 6.42 Å². The van der Waals surface area contributed by atoms with E-state index in [9.17, 15) is 13.2 Å². The molecule has 0 aliphatic carbocycles. The summed E-state index contributed by atoms with van der Waals surface area (Å²) in [5.41, 5.74) is 10.2. The Balaban J connectivity index is 2.45. The maximum absolute atomic E-state index is 11.8. The van der Waals surface area contributed by atoms with Crippen LogP contribution < -0.4 is 16.2 Å². The number of rotatable bonds is 6. The summed E-state index contributed by atoms with van der Waals surface area (Å²) in [6.07, 6.45) is 0.324. The van der Waals surface area contributed by atoms with Crippen molar-refractivity contribution in [3.05, 3.63) is 0 Å². The summed E-state index contributed by atoms with van der Waals surface area (Å²) in [4.78, 5) is 14.4. The van der Waals surface area contributed by atoms with Gasteiger partial charge >= 0.3 is 5.97 Å². The predicted octanol–water partition coefficient (Wildman–Crippen LogP) is -2.50. The first-order valence-electron chi connectivity index (χ1n) is 5.36. The third kappa shape index (κ3) is 4.13. The highest BCUT2D eigenvalue weighted by atomic mass is 32.2. The van der Waals surface area contributed by atoms with Gasteiger partial charge in [-0.05, 0) is 6.42 Å². The number of guanidine groups is 1. The first-order valence-corrected chi connectivity index (χ1v) is 6.80. The summed E-state index contributed by atoms with van der Waals surface area (Å²) in [6.45, 7) is 0.397. The van der Waals surface area contributed by atoms with E-state index in [1.807, 2.05) is 0 Å². The molecule has 0 aromatic rings. The number of carboxylic acid groups (broad SMARTS) is 1. The summed E-state index contributed by atoms with van der Waals surface area (Å²) >= 11 is 0. The van der Waals surface area contributed by atoms with Crippen molar-refractivity contribution < 1.29 is 18.3 Å². The van der Waals surface area contributed by atoms with Crippen LogP contribution in [0.15, 0.2) is 4.99 Å². The van der Waals surface area contributed by atoms with Gasteiger partial charge in [-0.1, -0.05) is 0 Å². The van der Waals surface area contributed by atoms with Gasteiger partial charge in [0, 0.05) is 19.6 Å². The van der Waals surface area contributed by atoms with Gasteiger partial charge in [-0.15, -0.1) is 0 Å².